The molecule has 7 heteroatoms. The second-order valence-corrected chi connectivity index (χ2v) is 6.89. The minimum atomic E-state index is 0.156. The standard InChI is InChI=1S/C21H25N5O2/c1-27-14-12-23-19-17(9-5-11-22-19)20-24-21(28-25-20)18-10-6-13-26(18)15-16-7-3-2-4-8-16/h2-5,7-9,11,18H,6,10,12-15H2,1H3,(H,22,23)/t18-/m1/s1. The SMILES string of the molecule is COCCNc1ncccc1-c1noc([C@H]2CCCN2Cc2ccccc2)n1. The van der Waals surface area contributed by atoms with Gasteiger partial charge < -0.3 is 14.6 Å². The first-order valence-corrected chi connectivity index (χ1v) is 9.65. The molecule has 1 fully saturated rings. The van der Waals surface area contributed by atoms with E-state index in [2.05, 4.69) is 44.6 Å². The summed E-state index contributed by atoms with van der Waals surface area (Å²) in [5.41, 5.74) is 2.13. The van der Waals surface area contributed by atoms with Gasteiger partial charge in [-0.05, 0) is 37.1 Å². The molecule has 28 heavy (non-hydrogen) atoms. The number of anilines is 1. The Hall–Kier alpha value is -2.77. The summed E-state index contributed by atoms with van der Waals surface area (Å²) in [5, 5.41) is 7.50. The number of hydrogen-bond donors (Lipinski definition) is 1. The molecule has 1 aromatic carbocycles. The molecule has 1 aliphatic heterocycles. The van der Waals surface area contributed by atoms with E-state index in [1.54, 1.807) is 13.3 Å². The van der Waals surface area contributed by atoms with Crippen LogP contribution in [-0.2, 0) is 11.3 Å². The maximum Gasteiger partial charge on any atom is 0.244 e. The summed E-state index contributed by atoms with van der Waals surface area (Å²) in [6.07, 6.45) is 3.91. The van der Waals surface area contributed by atoms with E-state index >= 15 is 0 Å². The molecule has 0 unspecified atom stereocenters. The van der Waals surface area contributed by atoms with E-state index < -0.39 is 0 Å². The summed E-state index contributed by atoms with van der Waals surface area (Å²) in [4.78, 5) is 11.5. The van der Waals surface area contributed by atoms with Gasteiger partial charge in [-0.3, -0.25) is 4.90 Å². The first kappa shape index (κ1) is 18.6. The summed E-state index contributed by atoms with van der Waals surface area (Å²) < 4.78 is 10.8. The number of hydrogen-bond acceptors (Lipinski definition) is 7. The molecule has 0 amide bonds. The molecule has 1 aliphatic rings. The minimum absolute atomic E-state index is 0.156. The largest absolute Gasteiger partial charge is 0.383 e. The molecule has 146 valence electrons. The van der Waals surface area contributed by atoms with Crippen LogP contribution >= 0.6 is 0 Å². The third-order valence-electron chi connectivity index (χ3n) is 4.97. The number of methoxy groups -OCH3 is 1. The molecule has 2 aromatic heterocycles. The molecule has 3 aromatic rings. The van der Waals surface area contributed by atoms with Crippen molar-refractivity contribution in [2.24, 2.45) is 0 Å². The molecule has 0 radical (unpaired) electrons. The van der Waals surface area contributed by atoms with Crippen LogP contribution in [0.2, 0.25) is 0 Å². The van der Waals surface area contributed by atoms with E-state index in [-0.39, 0.29) is 6.04 Å². The summed E-state index contributed by atoms with van der Waals surface area (Å²) >= 11 is 0. The van der Waals surface area contributed by atoms with Crippen molar-refractivity contribution in [3.05, 3.63) is 60.1 Å². The Balaban J connectivity index is 1.51. The highest BCUT2D eigenvalue weighted by atomic mass is 16.5. The van der Waals surface area contributed by atoms with Crippen molar-refractivity contribution in [3.8, 4) is 11.4 Å². The van der Waals surface area contributed by atoms with Crippen molar-refractivity contribution in [1.82, 2.24) is 20.0 Å². The Bertz CT molecular complexity index is 883. The topological polar surface area (TPSA) is 76.3 Å². The van der Waals surface area contributed by atoms with Crippen molar-refractivity contribution < 1.29 is 9.26 Å². The highest BCUT2D eigenvalue weighted by molar-refractivity contribution is 5.69. The fourth-order valence-corrected chi connectivity index (χ4v) is 3.59. The lowest BCUT2D eigenvalue weighted by molar-refractivity contribution is 0.201. The average Bonchev–Trinajstić information content (AvgIpc) is 3.39. The second kappa shape index (κ2) is 8.95. The number of ether oxygens (including phenoxy) is 1. The molecule has 0 saturated carbocycles. The fraction of sp³-hybridized carbons (Fsp3) is 0.381. The van der Waals surface area contributed by atoms with Gasteiger partial charge in [0, 0.05) is 26.4 Å². The monoisotopic (exact) mass is 379 g/mol. The van der Waals surface area contributed by atoms with Crippen LogP contribution in [-0.4, -0.2) is 46.8 Å². The van der Waals surface area contributed by atoms with Crippen LogP contribution in [0.4, 0.5) is 5.82 Å². The Morgan fingerprint density at radius 1 is 1.21 bits per heavy atom. The normalized spacial score (nSPS) is 17.1. The molecule has 0 spiro atoms. The van der Waals surface area contributed by atoms with Crippen molar-refractivity contribution in [2.45, 2.75) is 25.4 Å². The Labute approximate surface area is 164 Å². The lowest BCUT2D eigenvalue weighted by atomic mass is 10.2. The Morgan fingerprint density at radius 3 is 2.96 bits per heavy atom. The molecule has 1 N–H and O–H groups in total. The van der Waals surface area contributed by atoms with Gasteiger partial charge in [0.25, 0.3) is 0 Å². The smallest absolute Gasteiger partial charge is 0.244 e. The van der Waals surface area contributed by atoms with Crippen LogP contribution in [0.15, 0.2) is 53.2 Å². The molecule has 1 atom stereocenters. The zero-order chi connectivity index (χ0) is 19.2. The highest BCUT2D eigenvalue weighted by Crippen LogP contribution is 2.33. The van der Waals surface area contributed by atoms with Gasteiger partial charge in [-0.15, -0.1) is 0 Å². The first-order valence-electron chi connectivity index (χ1n) is 9.65. The predicted molar refractivity (Wildman–Crippen MR) is 107 cm³/mol. The van der Waals surface area contributed by atoms with E-state index in [0.29, 0.717) is 24.9 Å². The molecular formula is C21H25N5O2. The molecule has 1 saturated heterocycles. The number of likely N-dealkylation sites (tertiary alicyclic amines) is 1. The van der Waals surface area contributed by atoms with Crippen LogP contribution in [0.3, 0.4) is 0 Å². The van der Waals surface area contributed by atoms with E-state index in [1.807, 2.05) is 18.2 Å². The molecule has 0 aliphatic carbocycles. The number of pyridine rings is 1. The molecule has 0 bridgehead atoms. The van der Waals surface area contributed by atoms with Gasteiger partial charge in [0.2, 0.25) is 11.7 Å². The second-order valence-electron chi connectivity index (χ2n) is 6.89. The Morgan fingerprint density at radius 2 is 2.11 bits per heavy atom. The fourth-order valence-electron chi connectivity index (χ4n) is 3.59. The zero-order valence-electron chi connectivity index (χ0n) is 16.0. The summed E-state index contributed by atoms with van der Waals surface area (Å²) in [6, 6.07) is 14.5. The number of benzene rings is 1. The van der Waals surface area contributed by atoms with Crippen LogP contribution < -0.4 is 5.32 Å². The summed E-state index contributed by atoms with van der Waals surface area (Å²) in [6.45, 7) is 3.19. The lowest BCUT2D eigenvalue weighted by Crippen LogP contribution is -2.23. The zero-order valence-corrected chi connectivity index (χ0v) is 16.0. The van der Waals surface area contributed by atoms with Crippen LogP contribution in [0.5, 0.6) is 0 Å². The summed E-state index contributed by atoms with van der Waals surface area (Å²) in [7, 11) is 1.68. The summed E-state index contributed by atoms with van der Waals surface area (Å²) in [5.74, 6) is 1.98. The van der Waals surface area contributed by atoms with Gasteiger partial charge in [-0.2, -0.15) is 4.98 Å². The van der Waals surface area contributed by atoms with Gasteiger partial charge in [0.15, 0.2) is 0 Å². The van der Waals surface area contributed by atoms with Gasteiger partial charge in [-0.1, -0.05) is 35.5 Å². The van der Waals surface area contributed by atoms with Gasteiger partial charge in [-0.25, -0.2) is 4.98 Å². The van der Waals surface area contributed by atoms with Gasteiger partial charge in [0.1, 0.15) is 5.82 Å². The Kier molecular flexibility index (Phi) is 5.94. The lowest BCUT2D eigenvalue weighted by Gasteiger charge is -2.21. The van der Waals surface area contributed by atoms with Crippen LogP contribution in [0.25, 0.3) is 11.4 Å². The van der Waals surface area contributed by atoms with Crippen molar-refractivity contribution in [2.75, 3.05) is 32.1 Å². The number of nitrogens with zero attached hydrogens (tertiary/aromatic N) is 4. The third-order valence-corrected chi connectivity index (χ3v) is 4.97. The minimum Gasteiger partial charge on any atom is -0.383 e. The van der Waals surface area contributed by atoms with Crippen LogP contribution in [0, 0.1) is 0 Å². The van der Waals surface area contributed by atoms with E-state index in [4.69, 9.17) is 14.2 Å². The maximum absolute atomic E-state index is 5.67. The predicted octanol–water partition coefficient (Wildman–Crippen LogP) is 3.53. The average molecular weight is 379 g/mol. The number of nitrogens with one attached hydrogen (secondary N) is 1. The van der Waals surface area contributed by atoms with Crippen molar-refractivity contribution >= 4 is 5.82 Å². The molecule has 4 rings (SSSR count). The number of rotatable bonds is 8. The van der Waals surface area contributed by atoms with Crippen LogP contribution in [0.1, 0.15) is 30.3 Å². The van der Waals surface area contributed by atoms with Gasteiger partial charge >= 0.3 is 0 Å². The van der Waals surface area contributed by atoms with E-state index in [1.165, 1.54) is 5.56 Å². The highest BCUT2D eigenvalue weighted by Gasteiger charge is 2.31. The van der Waals surface area contributed by atoms with E-state index in [9.17, 15) is 0 Å². The van der Waals surface area contributed by atoms with Gasteiger partial charge in [0.05, 0.1) is 18.2 Å². The van der Waals surface area contributed by atoms with E-state index in [0.717, 1.165) is 37.3 Å². The molecular weight excluding hydrogens is 354 g/mol. The first-order chi connectivity index (χ1) is 13.8. The number of aromatic nitrogens is 3. The molecule has 3 heterocycles. The van der Waals surface area contributed by atoms with Crippen molar-refractivity contribution in [3.63, 3.8) is 0 Å². The molecule has 7 nitrogen and oxygen atoms in total. The third kappa shape index (κ3) is 4.21. The maximum atomic E-state index is 5.67. The van der Waals surface area contributed by atoms with Crippen molar-refractivity contribution in [1.29, 1.82) is 0 Å². The quantitative estimate of drug-likeness (QED) is 0.600.